The van der Waals surface area contributed by atoms with Gasteiger partial charge in [0.1, 0.15) is 17.1 Å². The molecule has 0 radical (unpaired) electrons. The van der Waals surface area contributed by atoms with Gasteiger partial charge in [-0.3, -0.25) is 14.4 Å². The number of amides is 3. The number of hydrogen-bond acceptors (Lipinski definition) is 5. The van der Waals surface area contributed by atoms with Crippen molar-refractivity contribution in [2.75, 3.05) is 10.6 Å². The number of anilines is 2. The summed E-state index contributed by atoms with van der Waals surface area (Å²) in [6.45, 7) is 6.10. The van der Waals surface area contributed by atoms with Crippen molar-refractivity contribution in [3.05, 3.63) is 87.3 Å². The average molecular weight is 584 g/mol. The number of nitrogens with one attached hydrogen (secondary N) is 3. The molecule has 4 atom stereocenters. The van der Waals surface area contributed by atoms with Crippen LogP contribution in [0.1, 0.15) is 54.6 Å². The Labute approximate surface area is 240 Å². The summed E-state index contributed by atoms with van der Waals surface area (Å²) in [6.07, 6.45) is 1.74. The molecule has 0 bridgehead atoms. The lowest BCUT2D eigenvalue weighted by atomic mass is 9.62. The van der Waals surface area contributed by atoms with Crippen molar-refractivity contribution in [3.8, 4) is 0 Å². The number of nitrogens with two attached hydrogens (primary N) is 1. The molecule has 5 rings (SSSR count). The van der Waals surface area contributed by atoms with E-state index in [1.807, 2.05) is 20.8 Å². The predicted octanol–water partition coefficient (Wildman–Crippen LogP) is 5.02. The van der Waals surface area contributed by atoms with Crippen molar-refractivity contribution in [2.24, 2.45) is 11.1 Å². The van der Waals surface area contributed by atoms with Gasteiger partial charge in [0.05, 0.1) is 16.6 Å². The molecule has 5 N–H and O–H groups in total. The number of hydrogen-bond donors (Lipinski definition) is 4. The second-order valence-electron chi connectivity index (χ2n) is 11.4. The summed E-state index contributed by atoms with van der Waals surface area (Å²) in [4.78, 5) is 43.6. The van der Waals surface area contributed by atoms with E-state index in [0.717, 1.165) is 0 Å². The van der Waals surface area contributed by atoms with E-state index in [1.165, 1.54) is 24.4 Å². The van der Waals surface area contributed by atoms with Crippen molar-refractivity contribution in [1.82, 2.24) is 10.3 Å². The predicted molar refractivity (Wildman–Crippen MR) is 152 cm³/mol. The highest BCUT2D eigenvalue weighted by molar-refractivity contribution is 6.31. The number of aromatic nitrogens is 1. The van der Waals surface area contributed by atoms with Gasteiger partial charge in [0, 0.05) is 28.9 Å². The SMILES string of the molecule is CC(C)(C)C[C@@H]1N[C@@H](C(=O)Nc2ccc(C(N)=O)cn2)[C@H](c2cccc(Cl)c2F)[C@]12C(=O)Nc1cc(Cl)ccc12. The van der Waals surface area contributed by atoms with Crippen LogP contribution in [0.25, 0.3) is 0 Å². The highest BCUT2D eigenvalue weighted by Crippen LogP contribution is 2.57. The number of nitrogens with zero attached hydrogens (tertiary/aromatic N) is 1. The summed E-state index contributed by atoms with van der Waals surface area (Å²) < 4.78 is 15.8. The highest BCUT2D eigenvalue weighted by atomic mass is 35.5. The first-order chi connectivity index (χ1) is 18.8. The van der Waals surface area contributed by atoms with E-state index in [-0.39, 0.29) is 33.3 Å². The number of carbonyl (C=O) groups excluding carboxylic acids is 3. The van der Waals surface area contributed by atoms with Crippen LogP contribution in [0.3, 0.4) is 0 Å². The maximum atomic E-state index is 15.8. The van der Waals surface area contributed by atoms with Gasteiger partial charge in [-0.25, -0.2) is 9.37 Å². The Hall–Kier alpha value is -3.53. The second-order valence-corrected chi connectivity index (χ2v) is 12.2. The zero-order chi connectivity index (χ0) is 29.0. The number of benzene rings is 2. The van der Waals surface area contributed by atoms with Crippen molar-refractivity contribution in [3.63, 3.8) is 0 Å². The fourth-order valence-electron chi connectivity index (χ4n) is 5.97. The summed E-state index contributed by atoms with van der Waals surface area (Å²) in [6, 6.07) is 10.9. The fourth-order valence-corrected chi connectivity index (χ4v) is 6.32. The minimum Gasteiger partial charge on any atom is -0.366 e. The molecule has 1 fully saturated rings. The summed E-state index contributed by atoms with van der Waals surface area (Å²) in [5.41, 5.74) is 5.10. The van der Waals surface area contributed by atoms with Crippen molar-refractivity contribution in [2.45, 2.75) is 50.6 Å². The summed E-state index contributed by atoms with van der Waals surface area (Å²) >= 11 is 12.5. The van der Waals surface area contributed by atoms with E-state index in [1.54, 1.807) is 30.3 Å². The third kappa shape index (κ3) is 4.72. The molecule has 3 amide bonds. The van der Waals surface area contributed by atoms with Gasteiger partial charge in [-0.05, 0) is 53.3 Å². The molecule has 3 aromatic rings. The van der Waals surface area contributed by atoms with Crippen molar-refractivity contribution < 1.29 is 18.8 Å². The number of carbonyl (C=O) groups is 3. The molecule has 2 aliphatic rings. The molecule has 1 saturated heterocycles. The molecular formula is C29H28Cl2FN5O3. The smallest absolute Gasteiger partial charge is 0.250 e. The van der Waals surface area contributed by atoms with Crippen LogP contribution in [0.4, 0.5) is 15.9 Å². The van der Waals surface area contributed by atoms with Crippen LogP contribution in [0.2, 0.25) is 10.0 Å². The Morgan fingerprint density at radius 2 is 1.90 bits per heavy atom. The summed E-state index contributed by atoms with van der Waals surface area (Å²) in [5.74, 6) is -3.09. The van der Waals surface area contributed by atoms with Crippen LogP contribution in [0.5, 0.6) is 0 Å². The summed E-state index contributed by atoms with van der Waals surface area (Å²) in [5, 5.41) is 9.39. The largest absolute Gasteiger partial charge is 0.366 e. The Balaban J connectivity index is 1.69. The minimum atomic E-state index is -1.37. The van der Waals surface area contributed by atoms with Crippen LogP contribution in [-0.2, 0) is 15.0 Å². The van der Waals surface area contributed by atoms with Crippen LogP contribution in [0.15, 0.2) is 54.7 Å². The fraction of sp³-hybridized carbons (Fsp3) is 0.310. The first-order valence-corrected chi connectivity index (χ1v) is 13.5. The molecule has 208 valence electrons. The third-order valence-electron chi connectivity index (χ3n) is 7.52. The lowest BCUT2D eigenvalue weighted by Crippen LogP contribution is -2.49. The minimum absolute atomic E-state index is 0.121. The highest BCUT2D eigenvalue weighted by Gasteiger charge is 2.66. The topological polar surface area (TPSA) is 126 Å². The quantitative estimate of drug-likeness (QED) is 0.335. The number of halogens is 3. The standard InChI is InChI=1S/C29H28Cl2FN5O3/c1-28(2,3)12-20-29(17-9-8-15(30)11-19(17)35-27(29)40)22(16-5-4-6-18(31)23(16)32)24(36-20)26(39)37-21-10-7-14(13-34-21)25(33)38/h4-11,13,20,22,24,36H,12H2,1-3H3,(H2,33,38)(H,35,40)(H,34,37,39)/t20-,22-,24+,29+/m0/s1. The molecular weight excluding hydrogens is 556 g/mol. The molecule has 8 nitrogen and oxygen atoms in total. The van der Waals surface area contributed by atoms with E-state index in [9.17, 15) is 14.4 Å². The number of primary amides is 1. The molecule has 0 aliphatic carbocycles. The lowest BCUT2D eigenvalue weighted by Gasteiger charge is -2.37. The summed E-state index contributed by atoms with van der Waals surface area (Å²) in [7, 11) is 0. The van der Waals surface area contributed by atoms with E-state index in [2.05, 4.69) is 20.9 Å². The number of rotatable bonds is 5. The second kappa shape index (κ2) is 10.1. The van der Waals surface area contributed by atoms with Gasteiger partial charge >= 0.3 is 0 Å². The molecule has 0 unspecified atom stereocenters. The van der Waals surface area contributed by atoms with Crippen LogP contribution in [-0.4, -0.2) is 34.8 Å². The molecule has 2 aromatic carbocycles. The van der Waals surface area contributed by atoms with Crippen molar-refractivity contribution in [1.29, 1.82) is 0 Å². The first kappa shape index (κ1) is 28.0. The van der Waals surface area contributed by atoms with E-state index >= 15 is 4.39 Å². The lowest BCUT2D eigenvalue weighted by molar-refractivity contribution is -0.122. The van der Waals surface area contributed by atoms with Gasteiger partial charge in [-0.15, -0.1) is 0 Å². The molecule has 11 heteroatoms. The maximum absolute atomic E-state index is 15.8. The van der Waals surface area contributed by atoms with Crippen LogP contribution >= 0.6 is 23.2 Å². The maximum Gasteiger partial charge on any atom is 0.250 e. The van der Waals surface area contributed by atoms with Gasteiger partial charge in [0.25, 0.3) is 0 Å². The van der Waals surface area contributed by atoms with Crippen molar-refractivity contribution >= 4 is 52.4 Å². The van der Waals surface area contributed by atoms with Gasteiger partial charge < -0.3 is 21.7 Å². The molecule has 1 aromatic heterocycles. The van der Waals surface area contributed by atoms with E-state index < -0.39 is 41.0 Å². The first-order valence-electron chi connectivity index (χ1n) is 12.7. The number of fused-ring (bicyclic) bond motifs is 2. The van der Waals surface area contributed by atoms with E-state index in [4.69, 9.17) is 28.9 Å². The molecule has 2 aliphatic heterocycles. The van der Waals surface area contributed by atoms with Gasteiger partial charge in [-0.2, -0.15) is 0 Å². The average Bonchev–Trinajstić information content (AvgIpc) is 3.35. The van der Waals surface area contributed by atoms with E-state index in [0.29, 0.717) is 22.7 Å². The zero-order valence-corrected chi connectivity index (χ0v) is 23.5. The van der Waals surface area contributed by atoms with Crippen LogP contribution in [0, 0.1) is 11.2 Å². The Morgan fingerprint density at radius 1 is 1.15 bits per heavy atom. The monoisotopic (exact) mass is 583 g/mol. The molecule has 0 saturated carbocycles. The number of pyridine rings is 1. The third-order valence-corrected chi connectivity index (χ3v) is 8.05. The molecule has 1 spiro atoms. The Morgan fingerprint density at radius 3 is 2.55 bits per heavy atom. The zero-order valence-electron chi connectivity index (χ0n) is 22.0. The van der Waals surface area contributed by atoms with Gasteiger partial charge in [-0.1, -0.05) is 62.2 Å². The van der Waals surface area contributed by atoms with Gasteiger partial charge in [0.15, 0.2) is 0 Å². The molecule has 40 heavy (non-hydrogen) atoms. The normalized spacial score (nSPS) is 23.6. The van der Waals surface area contributed by atoms with Crippen LogP contribution < -0.4 is 21.7 Å². The van der Waals surface area contributed by atoms with Gasteiger partial charge in [0.2, 0.25) is 17.7 Å². The Kier molecular flexibility index (Phi) is 7.10. The molecule has 3 heterocycles. The Bertz CT molecular complexity index is 1530.